The second kappa shape index (κ2) is 4.30. The molecule has 0 saturated carbocycles. The van der Waals surface area contributed by atoms with E-state index in [0.717, 1.165) is 39.6 Å². The Morgan fingerprint density at radius 1 is 1.37 bits per heavy atom. The SMILES string of the molecule is Clc1csc2nc(C3NCCc4[nH]cnc43)ccc12. The summed E-state index contributed by atoms with van der Waals surface area (Å²) >= 11 is 7.69. The maximum absolute atomic E-state index is 6.11. The normalized spacial score (nSPS) is 18.7. The molecular weight excluding hydrogens is 280 g/mol. The van der Waals surface area contributed by atoms with Crippen LogP contribution in [0.4, 0.5) is 0 Å². The summed E-state index contributed by atoms with van der Waals surface area (Å²) in [6.45, 7) is 0.935. The lowest BCUT2D eigenvalue weighted by Crippen LogP contribution is -2.31. The number of nitrogens with one attached hydrogen (secondary N) is 2. The third-order valence-corrected chi connectivity index (χ3v) is 4.79. The first-order valence-electron chi connectivity index (χ1n) is 6.12. The molecule has 4 heterocycles. The van der Waals surface area contributed by atoms with Gasteiger partial charge >= 0.3 is 0 Å². The quantitative estimate of drug-likeness (QED) is 0.724. The Hall–Kier alpha value is -1.43. The average molecular weight is 291 g/mol. The van der Waals surface area contributed by atoms with Gasteiger partial charge in [-0.3, -0.25) is 0 Å². The predicted octanol–water partition coefficient (Wildman–Crippen LogP) is 2.91. The molecule has 3 aromatic heterocycles. The summed E-state index contributed by atoms with van der Waals surface area (Å²) in [4.78, 5) is 13.3. The first-order valence-corrected chi connectivity index (χ1v) is 7.38. The highest BCUT2D eigenvalue weighted by Crippen LogP contribution is 2.31. The van der Waals surface area contributed by atoms with E-state index in [1.165, 1.54) is 5.69 Å². The highest BCUT2D eigenvalue weighted by Gasteiger charge is 2.25. The Morgan fingerprint density at radius 2 is 2.32 bits per heavy atom. The van der Waals surface area contributed by atoms with Gasteiger partial charge in [-0.05, 0) is 12.1 Å². The van der Waals surface area contributed by atoms with Gasteiger partial charge in [-0.15, -0.1) is 11.3 Å². The van der Waals surface area contributed by atoms with Crippen LogP contribution in [0.2, 0.25) is 5.02 Å². The molecule has 2 N–H and O–H groups in total. The molecule has 1 unspecified atom stereocenters. The van der Waals surface area contributed by atoms with Crippen LogP contribution < -0.4 is 5.32 Å². The average Bonchev–Trinajstić information content (AvgIpc) is 3.05. The molecule has 6 heteroatoms. The van der Waals surface area contributed by atoms with Crippen LogP contribution in [-0.4, -0.2) is 21.5 Å². The maximum Gasteiger partial charge on any atom is 0.125 e. The fourth-order valence-corrected chi connectivity index (χ4v) is 3.67. The van der Waals surface area contributed by atoms with Crippen molar-refractivity contribution in [1.82, 2.24) is 20.3 Å². The molecule has 0 fully saturated rings. The number of imidazole rings is 1. The number of pyridine rings is 1. The van der Waals surface area contributed by atoms with Crippen molar-refractivity contribution in [2.45, 2.75) is 12.5 Å². The van der Waals surface area contributed by atoms with Gasteiger partial charge in [-0.25, -0.2) is 9.97 Å². The van der Waals surface area contributed by atoms with Crippen LogP contribution in [0.25, 0.3) is 10.2 Å². The van der Waals surface area contributed by atoms with Crippen LogP contribution in [0.5, 0.6) is 0 Å². The van der Waals surface area contributed by atoms with Crippen LogP contribution in [0.3, 0.4) is 0 Å². The fraction of sp³-hybridized carbons (Fsp3) is 0.231. The van der Waals surface area contributed by atoms with Gasteiger partial charge in [0.25, 0.3) is 0 Å². The van der Waals surface area contributed by atoms with Crippen LogP contribution in [0.15, 0.2) is 23.8 Å². The van der Waals surface area contributed by atoms with Crippen molar-refractivity contribution in [3.8, 4) is 0 Å². The van der Waals surface area contributed by atoms with Crippen molar-refractivity contribution in [3.05, 3.63) is 45.9 Å². The number of thiophene rings is 1. The maximum atomic E-state index is 6.11. The molecule has 0 bridgehead atoms. The molecule has 0 amide bonds. The highest BCUT2D eigenvalue weighted by atomic mass is 35.5. The first kappa shape index (κ1) is 11.4. The zero-order valence-corrected chi connectivity index (χ0v) is 11.6. The second-order valence-corrected chi connectivity index (χ2v) is 5.84. The Balaban J connectivity index is 1.83. The van der Waals surface area contributed by atoms with E-state index in [4.69, 9.17) is 16.6 Å². The van der Waals surface area contributed by atoms with Crippen molar-refractivity contribution >= 4 is 33.2 Å². The lowest BCUT2D eigenvalue weighted by molar-refractivity contribution is 0.544. The van der Waals surface area contributed by atoms with E-state index in [-0.39, 0.29) is 6.04 Å². The van der Waals surface area contributed by atoms with E-state index >= 15 is 0 Å². The molecule has 0 saturated heterocycles. The summed E-state index contributed by atoms with van der Waals surface area (Å²) in [7, 11) is 0. The van der Waals surface area contributed by atoms with Gasteiger partial charge in [0, 0.05) is 29.4 Å². The monoisotopic (exact) mass is 290 g/mol. The number of halogens is 1. The topological polar surface area (TPSA) is 53.6 Å². The van der Waals surface area contributed by atoms with E-state index in [0.29, 0.717) is 0 Å². The number of aromatic amines is 1. The molecule has 4 nitrogen and oxygen atoms in total. The molecule has 0 radical (unpaired) electrons. The molecule has 4 rings (SSSR count). The lowest BCUT2D eigenvalue weighted by Gasteiger charge is -2.22. The fourth-order valence-electron chi connectivity index (χ4n) is 2.52. The number of hydrogen-bond acceptors (Lipinski definition) is 4. The third kappa shape index (κ3) is 1.77. The minimum atomic E-state index is 0.0697. The number of rotatable bonds is 1. The molecule has 0 aliphatic carbocycles. The molecule has 96 valence electrons. The minimum Gasteiger partial charge on any atom is -0.348 e. The standard InChI is InChI=1S/C13H11ClN4S/c14-8-5-19-13-7(8)1-2-10(18-13)12-11-9(3-4-15-12)16-6-17-11/h1-2,5-6,12,15H,3-4H2,(H,16,17). The first-order chi connectivity index (χ1) is 9.33. The lowest BCUT2D eigenvalue weighted by atomic mass is 10.0. The zero-order valence-electron chi connectivity index (χ0n) is 9.98. The van der Waals surface area contributed by atoms with Crippen LogP contribution >= 0.6 is 22.9 Å². The summed E-state index contributed by atoms with van der Waals surface area (Å²) in [6.07, 6.45) is 2.74. The van der Waals surface area contributed by atoms with Gasteiger partial charge in [0.2, 0.25) is 0 Å². The number of fused-ring (bicyclic) bond motifs is 2. The number of H-pyrrole nitrogens is 1. The van der Waals surface area contributed by atoms with E-state index in [9.17, 15) is 0 Å². The number of nitrogens with zero attached hydrogens (tertiary/aromatic N) is 2. The Bertz CT molecular complexity index is 748. The Morgan fingerprint density at radius 3 is 3.26 bits per heavy atom. The molecule has 3 aromatic rings. The smallest absolute Gasteiger partial charge is 0.125 e. The zero-order chi connectivity index (χ0) is 12.8. The van der Waals surface area contributed by atoms with Crippen LogP contribution in [0.1, 0.15) is 23.1 Å². The van der Waals surface area contributed by atoms with E-state index in [1.807, 2.05) is 17.5 Å². The largest absolute Gasteiger partial charge is 0.348 e. The van der Waals surface area contributed by atoms with Crippen molar-refractivity contribution in [1.29, 1.82) is 0 Å². The minimum absolute atomic E-state index is 0.0697. The number of hydrogen-bond donors (Lipinski definition) is 2. The molecule has 0 aromatic carbocycles. The molecule has 0 spiro atoms. The van der Waals surface area contributed by atoms with Gasteiger partial charge in [-0.2, -0.15) is 0 Å². The summed E-state index contributed by atoms with van der Waals surface area (Å²) in [6, 6.07) is 4.14. The van der Waals surface area contributed by atoms with Crippen LogP contribution in [0, 0.1) is 0 Å². The molecule has 1 aliphatic rings. The van der Waals surface area contributed by atoms with E-state index in [1.54, 1.807) is 17.7 Å². The van der Waals surface area contributed by atoms with Gasteiger partial charge in [0.1, 0.15) is 4.83 Å². The van der Waals surface area contributed by atoms with E-state index in [2.05, 4.69) is 15.3 Å². The van der Waals surface area contributed by atoms with E-state index < -0.39 is 0 Å². The van der Waals surface area contributed by atoms with Crippen molar-refractivity contribution in [2.75, 3.05) is 6.54 Å². The highest BCUT2D eigenvalue weighted by molar-refractivity contribution is 7.17. The van der Waals surface area contributed by atoms with Gasteiger partial charge in [-0.1, -0.05) is 11.6 Å². The Labute approximate surface area is 118 Å². The second-order valence-electron chi connectivity index (χ2n) is 4.58. The summed E-state index contributed by atoms with van der Waals surface area (Å²) < 4.78 is 0. The molecule has 19 heavy (non-hydrogen) atoms. The van der Waals surface area contributed by atoms with Crippen molar-refractivity contribution < 1.29 is 0 Å². The van der Waals surface area contributed by atoms with Gasteiger partial charge in [0.15, 0.2) is 0 Å². The van der Waals surface area contributed by atoms with Crippen LogP contribution in [-0.2, 0) is 6.42 Å². The molecular formula is C13H11ClN4S. The summed E-state index contributed by atoms with van der Waals surface area (Å²) in [5, 5.41) is 7.20. The number of aromatic nitrogens is 3. The van der Waals surface area contributed by atoms with Crippen molar-refractivity contribution in [2.24, 2.45) is 0 Å². The van der Waals surface area contributed by atoms with Gasteiger partial charge in [0.05, 0.1) is 28.8 Å². The molecule has 1 aliphatic heterocycles. The summed E-state index contributed by atoms with van der Waals surface area (Å²) in [5.74, 6) is 0. The van der Waals surface area contributed by atoms with Gasteiger partial charge < -0.3 is 10.3 Å². The third-order valence-electron chi connectivity index (χ3n) is 3.46. The van der Waals surface area contributed by atoms with Crippen molar-refractivity contribution in [3.63, 3.8) is 0 Å². The summed E-state index contributed by atoms with van der Waals surface area (Å²) in [5.41, 5.74) is 3.26. The Kier molecular flexibility index (Phi) is 2.58. The molecule has 1 atom stereocenters. The predicted molar refractivity (Wildman–Crippen MR) is 76.8 cm³/mol.